The summed E-state index contributed by atoms with van der Waals surface area (Å²) in [5, 5.41) is 2.45. The lowest BCUT2D eigenvalue weighted by atomic mass is 9.55. The van der Waals surface area contributed by atoms with Gasteiger partial charge in [-0.2, -0.15) is 0 Å². The average Bonchev–Trinajstić information content (AvgIpc) is 3.90. The first-order valence-corrected chi connectivity index (χ1v) is 23.2. The molecule has 1 spiro atoms. The standard InChI is InChI=1S/C61H41N3S/c1-60(2)49-29-12-14-31-51(49)61(52-32-15-13-30-50(52)60)48-28-11-9-24-44(48)55-45(26-18-33-53(55)61)58-62-57(63-59(64-58)46-27-17-25-42-41-23-10-16-34-54(41)65-56(42)46)43-36-35-40(38-19-5-3-6-20-38)37-47(43)39-21-7-4-8-22-39/h3-37H,1-2H3. The molecular weight excluding hydrogens is 807 g/mol. The van der Waals surface area contributed by atoms with Gasteiger partial charge in [-0.05, 0) is 91.0 Å². The van der Waals surface area contributed by atoms with Gasteiger partial charge in [0.25, 0.3) is 0 Å². The van der Waals surface area contributed by atoms with Crippen LogP contribution in [-0.4, -0.2) is 15.0 Å². The Morgan fingerprint density at radius 2 is 0.846 bits per heavy atom. The maximum Gasteiger partial charge on any atom is 0.165 e. The Hall–Kier alpha value is -7.79. The minimum Gasteiger partial charge on any atom is -0.208 e. The van der Waals surface area contributed by atoms with Gasteiger partial charge in [0.1, 0.15) is 0 Å². The van der Waals surface area contributed by atoms with E-state index in [0.29, 0.717) is 17.5 Å². The largest absolute Gasteiger partial charge is 0.208 e. The maximum atomic E-state index is 5.59. The zero-order chi connectivity index (χ0) is 43.3. The Balaban J connectivity index is 1.11. The molecule has 13 rings (SSSR count). The number of fused-ring (bicyclic) bond motifs is 12. The van der Waals surface area contributed by atoms with Gasteiger partial charge in [-0.25, -0.2) is 15.0 Å². The number of nitrogens with zero attached hydrogens (tertiary/aromatic N) is 3. The van der Waals surface area contributed by atoms with Crippen molar-refractivity contribution >= 4 is 31.5 Å². The molecular formula is C61H41N3S. The van der Waals surface area contributed by atoms with Crippen molar-refractivity contribution in [2.45, 2.75) is 24.7 Å². The van der Waals surface area contributed by atoms with Crippen LogP contribution in [0.25, 0.3) is 87.7 Å². The Bertz CT molecular complexity index is 3650. The van der Waals surface area contributed by atoms with Crippen molar-refractivity contribution in [2.75, 3.05) is 0 Å². The van der Waals surface area contributed by atoms with Crippen LogP contribution in [0.3, 0.4) is 0 Å². The number of rotatable bonds is 5. The summed E-state index contributed by atoms with van der Waals surface area (Å²) in [5.41, 5.74) is 16.9. The number of thiophene rings is 1. The van der Waals surface area contributed by atoms with Crippen LogP contribution in [0.5, 0.6) is 0 Å². The van der Waals surface area contributed by atoms with Crippen LogP contribution >= 0.6 is 11.3 Å². The summed E-state index contributed by atoms with van der Waals surface area (Å²) in [5.74, 6) is 1.94. The molecule has 2 aromatic heterocycles. The van der Waals surface area contributed by atoms with Crippen molar-refractivity contribution in [3.05, 3.63) is 246 Å². The van der Waals surface area contributed by atoms with Crippen molar-refractivity contribution in [2.24, 2.45) is 0 Å². The predicted molar refractivity (Wildman–Crippen MR) is 269 cm³/mol. The van der Waals surface area contributed by atoms with E-state index < -0.39 is 5.41 Å². The van der Waals surface area contributed by atoms with Crippen molar-refractivity contribution in [3.8, 4) is 67.5 Å². The van der Waals surface area contributed by atoms with Crippen molar-refractivity contribution in [1.29, 1.82) is 0 Å². The van der Waals surface area contributed by atoms with Gasteiger partial charge in [0.05, 0.1) is 5.41 Å². The van der Waals surface area contributed by atoms with Crippen LogP contribution in [0.4, 0.5) is 0 Å². The monoisotopic (exact) mass is 847 g/mol. The molecule has 0 fully saturated rings. The van der Waals surface area contributed by atoms with Crippen LogP contribution in [0.2, 0.25) is 0 Å². The van der Waals surface area contributed by atoms with Crippen LogP contribution in [-0.2, 0) is 10.8 Å². The molecule has 2 aliphatic carbocycles. The highest BCUT2D eigenvalue weighted by Crippen LogP contribution is 2.63. The van der Waals surface area contributed by atoms with Gasteiger partial charge < -0.3 is 0 Å². The van der Waals surface area contributed by atoms with E-state index in [-0.39, 0.29) is 5.41 Å². The first kappa shape index (κ1) is 37.7. The fourth-order valence-electron chi connectivity index (χ4n) is 11.2. The molecule has 0 saturated heterocycles. The fourth-order valence-corrected chi connectivity index (χ4v) is 12.4. The molecule has 2 aliphatic rings. The molecule has 9 aromatic carbocycles. The van der Waals surface area contributed by atoms with E-state index in [4.69, 9.17) is 15.0 Å². The van der Waals surface area contributed by atoms with Crippen LogP contribution in [0, 0.1) is 0 Å². The third-order valence-electron chi connectivity index (χ3n) is 14.1. The molecule has 0 bridgehead atoms. The van der Waals surface area contributed by atoms with Gasteiger partial charge in [-0.15, -0.1) is 11.3 Å². The van der Waals surface area contributed by atoms with E-state index in [1.54, 1.807) is 11.3 Å². The molecule has 0 amide bonds. The summed E-state index contributed by atoms with van der Waals surface area (Å²) in [6.07, 6.45) is 0. The lowest BCUT2D eigenvalue weighted by Crippen LogP contribution is -2.40. The summed E-state index contributed by atoms with van der Waals surface area (Å²) in [6.45, 7) is 4.74. The normalized spacial score (nSPS) is 13.9. The van der Waals surface area contributed by atoms with Gasteiger partial charge in [-0.1, -0.05) is 202 Å². The number of hydrogen-bond acceptors (Lipinski definition) is 4. The van der Waals surface area contributed by atoms with Crippen LogP contribution < -0.4 is 0 Å². The second kappa shape index (κ2) is 14.4. The quantitative estimate of drug-likeness (QED) is 0.173. The molecule has 2 heterocycles. The van der Waals surface area contributed by atoms with Gasteiger partial charge in [0.2, 0.25) is 0 Å². The van der Waals surface area contributed by atoms with Crippen molar-refractivity contribution in [1.82, 2.24) is 15.0 Å². The summed E-state index contributed by atoms with van der Waals surface area (Å²) >= 11 is 1.80. The Labute approximate surface area is 382 Å². The van der Waals surface area contributed by atoms with Crippen LogP contribution in [0.1, 0.15) is 47.2 Å². The number of benzene rings is 9. The van der Waals surface area contributed by atoms with E-state index in [1.165, 1.54) is 64.7 Å². The molecule has 0 aliphatic heterocycles. The second-order valence-electron chi connectivity index (χ2n) is 17.8. The Kier molecular flexibility index (Phi) is 8.34. The minimum absolute atomic E-state index is 0.189. The third-order valence-corrected chi connectivity index (χ3v) is 15.3. The molecule has 65 heavy (non-hydrogen) atoms. The zero-order valence-corrected chi connectivity index (χ0v) is 36.8. The summed E-state index contributed by atoms with van der Waals surface area (Å²) in [7, 11) is 0. The van der Waals surface area contributed by atoms with Gasteiger partial charge >= 0.3 is 0 Å². The molecule has 0 unspecified atom stereocenters. The maximum absolute atomic E-state index is 5.59. The molecule has 11 aromatic rings. The molecule has 3 nitrogen and oxygen atoms in total. The highest BCUT2D eigenvalue weighted by molar-refractivity contribution is 7.26. The van der Waals surface area contributed by atoms with Gasteiger partial charge in [-0.3, -0.25) is 0 Å². The SMILES string of the molecule is CC1(C)c2ccccc2C2(c3ccccc3-c3c(-c4nc(-c5ccc(-c6ccccc6)cc5-c5ccccc5)nc(-c5cccc6c5sc5ccccc56)n4)cccc32)c2ccccc21. The first-order chi connectivity index (χ1) is 32.0. The summed E-state index contributed by atoms with van der Waals surface area (Å²) in [6, 6.07) is 77.1. The second-order valence-corrected chi connectivity index (χ2v) is 18.9. The van der Waals surface area contributed by atoms with Crippen molar-refractivity contribution < 1.29 is 0 Å². The number of aromatic nitrogens is 3. The lowest BCUT2D eigenvalue weighted by Gasteiger charge is -2.46. The smallest absolute Gasteiger partial charge is 0.165 e. The van der Waals surface area contributed by atoms with E-state index in [2.05, 4.69) is 226 Å². The molecule has 0 atom stereocenters. The van der Waals surface area contributed by atoms with E-state index in [0.717, 1.165) is 38.9 Å². The topological polar surface area (TPSA) is 38.7 Å². The molecule has 0 radical (unpaired) electrons. The van der Waals surface area contributed by atoms with Crippen LogP contribution in [0.15, 0.2) is 212 Å². The third kappa shape index (κ3) is 5.51. The van der Waals surface area contributed by atoms with Gasteiger partial charge in [0.15, 0.2) is 17.5 Å². The molecule has 306 valence electrons. The highest BCUT2D eigenvalue weighted by atomic mass is 32.1. The van der Waals surface area contributed by atoms with Gasteiger partial charge in [0, 0.05) is 42.3 Å². The van der Waals surface area contributed by atoms with E-state index in [1.807, 2.05) is 0 Å². The summed E-state index contributed by atoms with van der Waals surface area (Å²) < 4.78 is 2.41. The number of hydrogen-bond donors (Lipinski definition) is 0. The molecule has 4 heteroatoms. The Morgan fingerprint density at radius 3 is 1.57 bits per heavy atom. The molecule has 0 saturated carbocycles. The summed E-state index contributed by atoms with van der Waals surface area (Å²) in [4.78, 5) is 16.6. The van der Waals surface area contributed by atoms with E-state index >= 15 is 0 Å². The zero-order valence-electron chi connectivity index (χ0n) is 36.0. The minimum atomic E-state index is -0.542. The fraction of sp³-hybridized carbons (Fsp3) is 0.0656. The molecule has 0 N–H and O–H groups in total. The predicted octanol–water partition coefficient (Wildman–Crippen LogP) is 15.6. The highest BCUT2D eigenvalue weighted by Gasteiger charge is 2.53. The average molecular weight is 848 g/mol. The van der Waals surface area contributed by atoms with Crippen molar-refractivity contribution in [3.63, 3.8) is 0 Å². The van der Waals surface area contributed by atoms with E-state index in [9.17, 15) is 0 Å². The Morgan fingerprint density at radius 1 is 0.338 bits per heavy atom. The first-order valence-electron chi connectivity index (χ1n) is 22.4. The lowest BCUT2D eigenvalue weighted by molar-refractivity contribution is 0.563.